The summed E-state index contributed by atoms with van der Waals surface area (Å²) in [4.78, 5) is 11.7. The van der Waals surface area contributed by atoms with Crippen LogP contribution in [0, 0.1) is 0 Å². The van der Waals surface area contributed by atoms with Gasteiger partial charge < -0.3 is 9.84 Å². The van der Waals surface area contributed by atoms with Gasteiger partial charge in [-0.1, -0.05) is 6.92 Å². The fraction of sp³-hybridized carbons (Fsp3) is 0.455. The molecule has 0 bridgehead atoms. The van der Waals surface area contributed by atoms with Gasteiger partial charge in [0.2, 0.25) is 0 Å². The molecule has 1 unspecified atom stereocenters. The van der Waals surface area contributed by atoms with Crippen LogP contribution >= 0.6 is 11.3 Å². The molecule has 0 aliphatic rings. The quantitative estimate of drug-likeness (QED) is 0.869. The Kier molecular flexibility index (Phi) is 4.10. The van der Waals surface area contributed by atoms with Gasteiger partial charge in [-0.25, -0.2) is 4.68 Å². The van der Waals surface area contributed by atoms with Crippen LogP contribution in [0.2, 0.25) is 0 Å². The van der Waals surface area contributed by atoms with Crippen molar-refractivity contribution in [1.29, 1.82) is 0 Å². The maximum absolute atomic E-state index is 10.9. The number of hydrogen-bond acceptors (Lipinski definition) is 6. The number of carboxylic acids is 1. The first-order valence-electron chi connectivity index (χ1n) is 5.78. The number of thiophene rings is 1. The van der Waals surface area contributed by atoms with E-state index in [1.165, 1.54) is 11.3 Å². The van der Waals surface area contributed by atoms with Crippen LogP contribution < -0.4 is 4.74 Å². The topological polar surface area (TPSA) is 90.1 Å². The maximum atomic E-state index is 10.9. The second-order valence-electron chi connectivity index (χ2n) is 3.96. The van der Waals surface area contributed by atoms with Crippen LogP contribution in [0.1, 0.15) is 25.8 Å². The van der Waals surface area contributed by atoms with E-state index in [1.54, 1.807) is 11.8 Å². The molecule has 1 atom stereocenters. The molecule has 2 aromatic rings. The van der Waals surface area contributed by atoms with E-state index < -0.39 is 5.97 Å². The molecule has 8 heteroatoms. The Hall–Kier alpha value is -1.96. The molecular formula is C11H14N4O3S. The van der Waals surface area contributed by atoms with Gasteiger partial charge in [-0.3, -0.25) is 4.79 Å². The first kappa shape index (κ1) is 13.5. The number of hydrogen-bond donors (Lipinski definition) is 1. The third-order valence-electron chi connectivity index (χ3n) is 2.75. The third kappa shape index (κ3) is 2.90. The summed E-state index contributed by atoms with van der Waals surface area (Å²) in [7, 11) is 1.59. The lowest BCUT2D eigenvalue weighted by atomic mass is 10.1. The molecule has 0 spiro atoms. The van der Waals surface area contributed by atoms with Crippen LogP contribution in [-0.4, -0.2) is 38.4 Å². The molecule has 2 rings (SSSR count). The highest BCUT2D eigenvalue weighted by Gasteiger charge is 2.20. The van der Waals surface area contributed by atoms with Crippen LogP contribution in [0.25, 0.3) is 10.7 Å². The fourth-order valence-electron chi connectivity index (χ4n) is 1.75. The SMILES string of the molecule is CCC(CC(=O)O)n1nnnc1-c1cc(OC)cs1. The molecule has 7 nitrogen and oxygen atoms in total. The maximum Gasteiger partial charge on any atom is 0.305 e. The zero-order valence-electron chi connectivity index (χ0n) is 10.6. The first-order chi connectivity index (χ1) is 9.15. The second-order valence-corrected chi connectivity index (χ2v) is 4.87. The van der Waals surface area contributed by atoms with Crippen molar-refractivity contribution < 1.29 is 14.6 Å². The number of aliphatic carboxylic acids is 1. The molecule has 0 amide bonds. The smallest absolute Gasteiger partial charge is 0.305 e. The number of ether oxygens (including phenoxy) is 1. The molecule has 2 heterocycles. The minimum atomic E-state index is -0.864. The predicted octanol–water partition coefficient (Wildman–Crippen LogP) is 1.84. The van der Waals surface area contributed by atoms with E-state index in [-0.39, 0.29) is 12.5 Å². The Labute approximate surface area is 113 Å². The zero-order chi connectivity index (χ0) is 13.8. The summed E-state index contributed by atoms with van der Waals surface area (Å²) >= 11 is 1.46. The molecular weight excluding hydrogens is 268 g/mol. The molecule has 0 aliphatic heterocycles. The van der Waals surface area contributed by atoms with E-state index in [4.69, 9.17) is 9.84 Å². The van der Waals surface area contributed by atoms with E-state index in [2.05, 4.69) is 15.5 Å². The minimum Gasteiger partial charge on any atom is -0.496 e. The van der Waals surface area contributed by atoms with Gasteiger partial charge in [0.25, 0.3) is 0 Å². The van der Waals surface area contributed by atoms with Gasteiger partial charge >= 0.3 is 5.97 Å². The Morgan fingerprint density at radius 2 is 2.42 bits per heavy atom. The van der Waals surface area contributed by atoms with Gasteiger partial charge in [0, 0.05) is 11.4 Å². The summed E-state index contributed by atoms with van der Waals surface area (Å²) in [5.41, 5.74) is 0. The van der Waals surface area contributed by atoms with Crippen molar-refractivity contribution in [2.45, 2.75) is 25.8 Å². The fourth-order valence-corrected chi connectivity index (χ4v) is 2.58. The van der Waals surface area contributed by atoms with Crippen molar-refractivity contribution in [3.05, 3.63) is 11.4 Å². The average molecular weight is 282 g/mol. The number of rotatable bonds is 6. The zero-order valence-corrected chi connectivity index (χ0v) is 11.4. The van der Waals surface area contributed by atoms with Crippen molar-refractivity contribution in [3.63, 3.8) is 0 Å². The van der Waals surface area contributed by atoms with Crippen molar-refractivity contribution >= 4 is 17.3 Å². The summed E-state index contributed by atoms with van der Waals surface area (Å²) in [5, 5.41) is 22.3. The normalized spacial score (nSPS) is 12.3. The van der Waals surface area contributed by atoms with E-state index in [0.717, 1.165) is 10.6 Å². The number of methoxy groups -OCH3 is 1. The summed E-state index contributed by atoms with van der Waals surface area (Å²) in [6.07, 6.45) is 0.643. The van der Waals surface area contributed by atoms with Crippen LogP contribution in [-0.2, 0) is 4.79 Å². The molecule has 0 aliphatic carbocycles. The van der Waals surface area contributed by atoms with E-state index in [9.17, 15) is 4.79 Å². The molecule has 0 radical (unpaired) electrons. The van der Waals surface area contributed by atoms with Crippen LogP contribution in [0.4, 0.5) is 0 Å². The number of nitrogens with zero attached hydrogens (tertiary/aromatic N) is 4. The van der Waals surface area contributed by atoms with E-state index in [0.29, 0.717) is 12.2 Å². The number of aromatic nitrogens is 4. The Morgan fingerprint density at radius 3 is 3.00 bits per heavy atom. The molecule has 0 saturated carbocycles. The highest BCUT2D eigenvalue weighted by atomic mass is 32.1. The minimum absolute atomic E-state index is 0.00293. The van der Waals surface area contributed by atoms with Crippen molar-refractivity contribution in [2.75, 3.05) is 7.11 Å². The molecule has 102 valence electrons. The highest BCUT2D eigenvalue weighted by molar-refractivity contribution is 7.13. The molecule has 19 heavy (non-hydrogen) atoms. The first-order valence-corrected chi connectivity index (χ1v) is 6.66. The summed E-state index contributed by atoms with van der Waals surface area (Å²) < 4.78 is 6.69. The van der Waals surface area contributed by atoms with Crippen LogP contribution in [0.3, 0.4) is 0 Å². The Balaban J connectivity index is 2.32. The molecule has 0 saturated heterocycles. The van der Waals surface area contributed by atoms with Crippen LogP contribution in [0.5, 0.6) is 5.75 Å². The molecule has 0 aromatic carbocycles. The largest absolute Gasteiger partial charge is 0.496 e. The standard InChI is InChI=1S/C11H14N4O3S/c1-3-7(4-10(16)17)15-11(12-13-14-15)9-5-8(18-2)6-19-9/h5-7H,3-4H2,1-2H3,(H,16,17). The Bertz CT molecular complexity index is 566. The van der Waals surface area contributed by atoms with Crippen molar-refractivity contribution in [1.82, 2.24) is 20.2 Å². The third-order valence-corrected chi connectivity index (χ3v) is 3.66. The van der Waals surface area contributed by atoms with Crippen LogP contribution in [0.15, 0.2) is 11.4 Å². The number of carboxylic acid groups (broad SMARTS) is 1. The van der Waals surface area contributed by atoms with Gasteiger partial charge in [0.05, 0.1) is 24.4 Å². The Morgan fingerprint density at radius 1 is 1.63 bits per heavy atom. The second kappa shape index (κ2) is 5.79. The van der Waals surface area contributed by atoms with Gasteiger partial charge in [-0.15, -0.1) is 16.4 Å². The van der Waals surface area contributed by atoms with Gasteiger partial charge in [0.15, 0.2) is 5.82 Å². The molecule has 1 N–H and O–H groups in total. The van der Waals surface area contributed by atoms with E-state index >= 15 is 0 Å². The number of tetrazole rings is 1. The average Bonchev–Trinajstić information content (AvgIpc) is 3.03. The summed E-state index contributed by atoms with van der Waals surface area (Å²) in [5.74, 6) is 0.444. The van der Waals surface area contributed by atoms with E-state index in [1.807, 2.05) is 18.4 Å². The summed E-state index contributed by atoms with van der Waals surface area (Å²) in [6.45, 7) is 1.91. The monoisotopic (exact) mass is 282 g/mol. The lowest BCUT2D eigenvalue weighted by molar-refractivity contribution is -0.138. The molecule has 2 aromatic heterocycles. The van der Waals surface area contributed by atoms with Gasteiger partial charge in [-0.2, -0.15) is 0 Å². The van der Waals surface area contributed by atoms with Crippen molar-refractivity contribution in [3.8, 4) is 16.5 Å². The lowest BCUT2D eigenvalue weighted by Gasteiger charge is -2.13. The highest BCUT2D eigenvalue weighted by Crippen LogP contribution is 2.31. The van der Waals surface area contributed by atoms with Crippen molar-refractivity contribution in [2.24, 2.45) is 0 Å². The van der Waals surface area contributed by atoms with Gasteiger partial charge in [-0.05, 0) is 16.8 Å². The molecule has 0 fully saturated rings. The van der Waals surface area contributed by atoms with Gasteiger partial charge in [0.1, 0.15) is 5.75 Å². The lowest BCUT2D eigenvalue weighted by Crippen LogP contribution is -2.15. The predicted molar refractivity (Wildman–Crippen MR) is 69.3 cm³/mol. The number of carbonyl (C=O) groups is 1. The summed E-state index contributed by atoms with van der Waals surface area (Å²) in [6, 6.07) is 1.58.